The van der Waals surface area contributed by atoms with Gasteiger partial charge in [-0.2, -0.15) is 5.26 Å². The zero-order valence-corrected chi connectivity index (χ0v) is 13.9. The molecule has 2 fully saturated rings. The van der Waals surface area contributed by atoms with Crippen molar-refractivity contribution in [3.8, 4) is 6.07 Å². The third-order valence-electron chi connectivity index (χ3n) is 5.59. The molecule has 1 amide bonds. The lowest BCUT2D eigenvalue weighted by molar-refractivity contribution is -0.138. The van der Waals surface area contributed by atoms with Gasteiger partial charge in [0.25, 0.3) is 0 Å². The molecule has 2 aliphatic rings. The summed E-state index contributed by atoms with van der Waals surface area (Å²) in [5.74, 6) is 1.16. The lowest BCUT2D eigenvalue weighted by atomic mass is 9.69. The first kappa shape index (κ1) is 16.3. The van der Waals surface area contributed by atoms with Crippen molar-refractivity contribution in [1.82, 2.24) is 4.90 Å². The fourth-order valence-electron chi connectivity index (χ4n) is 4.12. The Balaban J connectivity index is 1.94. The van der Waals surface area contributed by atoms with Crippen molar-refractivity contribution < 1.29 is 4.79 Å². The number of hydrogen-bond donors (Lipinski definition) is 0. The number of amides is 1. The standard InChI is InChI=1S/C18H30N2O/c1-18(2,3)15-10-8-14(9-11-15)17(21)20(13-12-19)16-6-4-5-7-16/h14-16H,4-11,13H2,1-3H3. The number of nitriles is 1. The summed E-state index contributed by atoms with van der Waals surface area (Å²) in [4.78, 5) is 14.7. The smallest absolute Gasteiger partial charge is 0.226 e. The second kappa shape index (κ2) is 6.81. The fraction of sp³-hybridized carbons (Fsp3) is 0.889. The highest BCUT2D eigenvalue weighted by atomic mass is 16.2. The van der Waals surface area contributed by atoms with E-state index < -0.39 is 0 Å². The Kier molecular flexibility index (Phi) is 5.30. The molecule has 21 heavy (non-hydrogen) atoms. The van der Waals surface area contributed by atoms with Crippen LogP contribution in [0.5, 0.6) is 0 Å². The van der Waals surface area contributed by atoms with Gasteiger partial charge in [0, 0.05) is 12.0 Å². The van der Waals surface area contributed by atoms with Crippen molar-refractivity contribution in [2.45, 2.75) is 78.2 Å². The van der Waals surface area contributed by atoms with Crippen LogP contribution in [-0.4, -0.2) is 23.4 Å². The Bertz CT molecular complexity index is 390. The highest BCUT2D eigenvalue weighted by molar-refractivity contribution is 5.79. The van der Waals surface area contributed by atoms with E-state index in [0.717, 1.165) is 44.4 Å². The predicted molar refractivity (Wildman–Crippen MR) is 84.5 cm³/mol. The zero-order chi connectivity index (χ0) is 15.5. The molecule has 3 heteroatoms. The van der Waals surface area contributed by atoms with Gasteiger partial charge in [0.05, 0.1) is 6.07 Å². The van der Waals surface area contributed by atoms with Crippen LogP contribution in [0.3, 0.4) is 0 Å². The van der Waals surface area contributed by atoms with E-state index in [2.05, 4.69) is 26.8 Å². The maximum Gasteiger partial charge on any atom is 0.226 e. The minimum absolute atomic E-state index is 0.164. The first-order valence-corrected chi connectivity index (χ1v) is 8.61. The summed E-state index contributed by atoms with van der Waals surface area (Å²) >= 11 is 0. The average molecular weight is 290 g/mol. The van der Waals surface area contributed by atoms with E-state index in [1.54, 1.807) is 0 Å². The third kappa shape index (κ3) is 3.99. The van der Waals surface area contributed by atoms with Crippen LogP contribution in [0.1, 0.15) is 72.1 Å². The summed E-state index contributed by atoms with van der Waals surface area (Å²) in [6.45, 7) is 7.20. The van der Waals surface area contributed by atoms with Gasteiger partial charge in [0.2, 0.25) is 5.91 Å². The summed E-state index contributed by atoms with van der Waals surface area (Å²) in [6, 6.07) is 2.53. The van der Waals surface area contributed by atoms with Crippen LogP contribution in [0, 0.1) is 28.6 Å². The Morgan fingerprint density at radius 3 is 2.14 bits per heavy atom. The minimum Gasteiger partial charge on any atom is -0.326 e. The van der Waals surface area contributed by atoms with Crippen LogP contribution >= 0.6 is 0 Å². The number of rotatable bonds is 3. The summed E-state index contributed by atoms with van der Waals surface area (Å²) in [6.07, 6.45) is 8.92. The van der Waals surface area contributed by atoms with Crippen LogP contribution < -0.4 is 0 Å². The van der Waals surface area contributed by atoms with Crippen LogP contribution in [0.25, 0.3) is 0 Å². The lowest BCUT2D eigenvalue weighted by Gasteiger charge is -2.38. The summed E-state index contributed by atoms with van der Waals surface area (Å²) in [7, 11) is 0. The predicted octanol–water partition coefficient (Wildman–Crippen LogP) is 4.13. The largest absolute Gasteiger partial charge is 0.326 e. The molecule has 118 valence electrons. The molecule has 0 radical (unpaired) electrons. The molecule has 3 nitrogen and oxygen atoms in total. The van der Waals surface area contributed by atoms with Gasteiger partial charge in [-0.05, 0) is 49.9 Å². The number of carbonyl (C=O) groups is 1. The molecule has 0 aromatic rings. The molecule has 2 aliphatic carbocycles. The van der Waals surface area contributed by atoms with Gasteiger partial charge in [-0.1, -0.05) is 33.6 Å². The molecule has 0 saturated heterocycles. The van der Waals surface area contributed by atoms with Crippen molar-refractivity contribution in [3.05, 3.63) is 0 Å². The Labute approximate surface area is 129 Å². The molecular weight excluding hydrogens is 260 g/mol. The number of hydrogen-bond acceptors (Lipinski definition) is 2. The summed E-state index contributed by atoms with van der Waals surface area (Å²) < 4.78 is 0. The summed E-state index contributed by atoms with van der Waals surface area (Å²) in [5.41, 5.74) is 0.353. The Morgan fingerprint density at radius 1 is 1.10 bits per heavy atom. The van der Waals surface area contributed by atoms with Crippen LogP contribution in [0.15, 0.2) is 0 Å². The molecule has 2 saturated carbocycles. The van der Waals surface area contributed by atoms with Crippen LogP contribution in [0.2, 0.25) is 0 Å². The number of nitrogens with zero attached hydrogens (tertiary/aromatic N) is 2. The SMILES string of the molecule is CC(C)(C)C1CCC(C(=O)N(CC#N)C2CCCC2)CC1. The molecule has 0 heterocycles. The van der Waals surface area contributed by atoms with E-state index in [0.29, 0.717) is 11.5 Å². The number of carbonyl (C=O) groups excluding carboxylic acids is 1. The van der Waals surface area contributed by atoms with Gasteiger partial charge in [0.15, 0.2) is 0 Å². The van der Waals surface area contributed by atoms with Crippen molar-refractivity contribution in [3.63, 3.8) is 0 Å². The van der Waals surface area contributed by atoms with Crippen molar-refractivity contribution in [2.75, 3.05) is 6.54 Å². The molecule has 2 rings (SSSR count). The van der Waals surface area contributed by atoms with Crippen LogP contribution in [-0.2, 0) is 4.79 Å². The summed E-state index contributed by atoms with van der Waals surface area (Å²) in [5, 5.41) is 9.05. The molecule has 0 bridgehead atoms. The zero-order valence-electron chi connectivity index (χ0n) is 13.9. The first-order valence-electron chi connectivity index (χ1n) is 8.61. The molecule has 0 atom stereocenters. The highest BCUT2D eigenvalue weighted by Gasteiger charge is 2.36. The Hall–Kier alpha value is -1.04. The van der Waals surface area contributed by atoms with Gasteiger partial charge < -0.3 is 4.90 Å². The van der Waals surface area contributed by atoms with Crippen LogP contribution in [0.4, 0.5) is 0 Å². The average Bonchev–Trinajstić information content (AvgIpc) is 2.97. The van der Waals surface area contributed by atoms with Gasteiger partial charge in [-0.3, -0.25) is 4.79 Å². The monoisotopic (exact) mass is 290 g/mol. The van der Waals surface area contributed by atoms with Gasteiger partial charge in [-0.25, -0.2) is 0 Å². The maximum absolute atomic E-state index is 12.8. The minimum atomic E-state index is 0.164. The van der Waals surface area contributed by atoms with Crippen molar-refractivity contribution in [1.29, 1.82) is 5.26 Å². The fourth-order valence-corrected chi connectivity index (χ4v) is 4.12. The molecule has 0 aromatic carbocycles. The molecular formula is C18H30N2O. The Morgan fingerprint density at radius 2 is 1.67 bits per heavy atom. The maximum atomic E-state index is 12.8. The lowest BCUT2D eigenvalue weighted by Crippen LogP contribution is -2.44. The first-order chi connectivity index (χ1) is 9.93. The van der Waals surface area contributed by atoms with E-state index in [9.17, 15) is 4.79 Å². The van der Waals surface area contributed by atoms with Gasteiger partial charge in [0.1, 0.15) is 6.54 Å². The van der Waals surface area contributed by atoms with E-state index in [1.165, 1.54) is 12.8 Å². The van der Waals surface area contributed by atoms with Gasteiger partial charge in [-0.15, -0.1) is 0 Å². The van der Waals surface area contributed by atoms with E-state index >= 15 is 0 Å². The van der Waals surface area contributed by atoms with Gasteiger partial charge >= 0.3 is 0 Å². The van der Waals surface area contributed by atoms with E-state index in [1.807, 2.05) is 4.90 Å². The van der Waals surface area contributed by atoms with Crippen molar-refractivity contribution >= 4 is 5.91 Å². The highest BCUT2D eigenvalue weighted by Crippen LogP contribution is 2.40. The topological polar surface area (TPSA) is 44.1 Å². The molecule has 0 unspecified atom stereocenters. The van der Waals surface area contributed by atoms with E-state index in [-0.39, 0.29) is 18.4 Å². The second-order valence-corrected chi connectivity index (χ2v) is 7.98. The molecule has 0 N–H and O–H groups in total. The molecule has 0 aromatic heterocycles. The normalized spacial score (nSPS) is 27.3. The van der Waals surface area contributed by atoms with Crippen molar-refractivity contribution in [2.24, 2.45) is 17.3 Å². The third-order valence-corrected chi connectivity index (χ3v) is 5.59. The van der Waals surface area contributed by atoms with E-state index in [4.69, 9.17) is 5.26 Å². The molecule has 0 aliphatic heterocycles. The quantitative estimate of drug-likeness (QED) is 0.733. The second-order valence-electron chi connectivity index (χ2n) is 7.98. The molecule has 0 spiro atoms.